The second-order valence-electron chi connectivity index (χ2n) is 4.17. The zero-order valence-electron chi connectivity index (χ0n) is 8.91. The molecule has 1 atom stereocenters. The molecule has 78 valence electrons. The van der Waals surface area contributed by atoms with Crippen LogP contribution in [0, 0.1) is 0 Å². The minimum absolute atomic E-state index is 0.0865. The van der Waals surface area contributed by atoms with E-state index in [2.05, 4.69) is 0 Å². The van der Waals surface area contributed by atoms with Gasteiger partial charge in [-0.05, 0) is 6.42 Å². The molecule has 0 saturated heterocycles. The fourth-order valence-electron chi connectivity index (χ4n) is 0.921. The van der Waals surface area contributed by atoms with Crippen molar-refractivity contribution >= 4 is 16.9 Å². The standard InChI is InChI=1S/C9H20NO2S/c1-5-6-8(11)13-9(12)7-10(2,3)4/h9,12H,5-7H2,1-4H3/q+1. The Hall–Kier alpha value is -0.0600. The third-order valence-corrected chi connectivity index (χ3v) is 2.31. The maximum atomic E-state index is 11.1. The molecule has 0 spiro atoms. The number of carbonyl (C=O) groups is 1. The number of likely N-dealkylation sites (N-methyl/N-ethyl adjacent to an activating group) is 1. The summed E-state index contributed by atoms with van der Waals surface area (Å²) >= 11 is 1.05. The van der Waals surface area contributed by atoms with Crippen molar-refractivity contribution < 1.29 is 14.4 Å². The van der Waals surface area contributed by atoms with Crippen LogP contribution in [0.2, 0.25) is 0 Å². The van der Waals surface area contributed by atoms with Gasteiger partial charge in [-0.3, -0.25) is 4.79 Å². The molecule has 1 unspecified atom stereocenters. The summed E-state index contributed by atoms with van der Waals surface area (Å²) in [6, 6.07) is 0. The minimum Gasteiger partial charge on any atom is -0.376 e. The van der Waals surface area contributed by atoms with Gasteiger partial charge in [-0.2, -0.15) is 0 Å². The molecule has 0 fully saturated rings. The van der Waals surface area contributed by atoms with Crippen LogP contribution in [0.5, 0.6) is 0 Å². The van der Waals surface area contributed by atoms with Gasteiger partial charge in [-0.15, -0.1) is 0 Å². The molecule has 0 aliphatic heterocycles. The van der Waals surface area contributed by atoms with Crippen LogP contribution in [0.1, 0.15) is 19.8 Å². The highest BCUT2D eigenvalue weighted by Gasteiger charge is 2.18. The van der Waals surface area contributed by atoms with E-state index in [1.165, 1.54) is 0 Å². The smallest absolute Gasteiger partial charge is 0.191 e. The Bertz CT molecular complexity index is 165. The summed E-state index contributed by atoms with van der Waals surface area (Å²) in [6.07, 6.45) is 1.40. The Balaban J connectivity index is 3.74. The first kappa shape index (κ1) is 12.9. The van der Waals surface area contributed by atoms with Crippen LogP contribution in [-0.4, -0.2) is 47.8 Å². The average molecular weight is 206 g/mol. The fourth-order valence-corrected chi connectivity index (χ4v) is 2.07. The number of aliphatic hydroxyl groups is 1. The summed E-state index contributed by atoms with van der Waals surface area (Å²) in [5, 5.41) is 9.59. The van der Waals surface area contributed by atoms with E-state index >= 15 is 0 Å². The van der Waals surface area contributed by atoms with Gasteiger partial charge >= 0.3 is 0 Å². The summed E-state index contributed by atoms with van der Waals surface area (Å²) in [4.78, 5) is 11.1. The number of quaternary nitrogens is 1. The summed E-state index contributed by atoms with van der Waals surface area (Å²) in [5.41, 5.74) is -0.570. The van der Waals surface area contributed by atoms with Crippen molar-refractivity contribution in [1.29, 1.82) is 0 Å². The van der Waals surface area contributed by atoms with E-state index in [9.17, 15) is 9.90 Å². The van der Waals surface area contributed by atoms with Crippen molar-refractivity contribution in [3.8, 4) is 0 Å². The number of rotatable bonds is 5. The molecular weight excluding hydrogens is 186 g/mol. The van der Waals surface area contributed by atoms with E-state index in [-0.39, 0.29) is 5.12 Å². The van der Waals surface area contributed by atoms with Crippen LogP contribution in [0.15, 0.2) is 0 Å². The maximum Gasteiger partial charge on any atom is 0.191 e. The Labute approximate surface area is 84.7 Å². The molecule has 0 aliphatic carbocycles. The predicted molar refractivity (Wildman–Crippen MR) is 56.4 cm³/mol. The second-order valence-corrected chi connectivity index (χ2v) is 5.40. The Morgan fingerprint density at radius 2 is 2.00 bits per heavy atom. The molecule has 0 aromatic heterocycles. The van der Waals surface area contributed by atoms with E-state index in [4.69, 9.17) is 0 Å². The van der Waals surface area contributed by atoms with Crippen molar-refractivity contribution in [3.63, 3.8) is 0 Å². The van der Waals surface area contributed by atoms with Gasteiger partial charge in [-0.1, -0.05) is 18.7 Å². The van der Waals surface area contributed by atoms with Crippen molar-refractivity contribution in [2.45, 2.75) is 25.2 Å². The van der Waals surface area contributed by atoms with Crippen molar-refractivity contribution in [2.24, 2.45) is 0 Å². The van der Waals surface area contributed by atoms with Gasteiger partial charge in [0.15, 0.2) is 10.6 Å². The molecule has 0 aromatic carbocycles. The zero-order valence-corrected chi connectivity index (χ0v) is 9.73. The van der Waals surface area contributed by atoms with Crippen LogP contribution < -0.4 is 0 Å². The van der Waals surface area contributed by atoms with E-state index in [0.29, 0.717) is 17.4 Å². The quantitative estimate of drug-likeness (QED) is 0.540. The minimum atomic E-state index is -0.570. The zero-order chi connectivity index (χ0) is 10.5. The molecular formula is C9H20NO2S+. The normalized spacial score (nSPS) is 14.2. The lowest BCUT2D eigenvalue weighted by atomic mass is 10.4. The van der Waals surface area contributed by atoms with Crippen LogP contribution in [0.25, 0.3) is 0 Å². The molecule has 13 heavy (non-hydrogen) atoms. The van der Waals surface area contributed by atoms with E-state index in [0.717, 1.165) is 18.2 Å². The van der Waals surface area contributed by atoms with E-state index in [1.54, 1.807) is 0 Å². The fraction of sp³-hybridized carbons (Fsp3) is 0.889. The highest BCUT2D eigenvalue weighted by molar-refractivity contribution is 8.14. The summed E-state index contributed by atoms with van der Waals surface area (Å²) in [7, 11) is 5.98. The Kier molecular flexibility index (Phi) is 5.60. The summed E-state index contributed by atoms with van der Waals surface area (Å²) < 4.78 is 0.674. The number of carbonyl (C=O) groups excluding carboxylic acids is 1. The first-order chi connectivity index (χ1) is 5.85. The van der Waals surface area contributed by atoms with Crippen LogP contribution in [0.4, 0.5) is 0 Å². The number of hydrogen-bond donors (Lipinski definition) is 1. The lowest BCUT2D eigenvalue weighted by Gasteiger charge is -2.25. The third-order valence-electron chi connectivity index (χ3n) is 1.43. The van der Waals surface area contributed by atoms with Gasteiger partial charge < -0.3 is 9.59 Å². The Morgan fingerprint density at radius 3 is 2.38 bits per heavy atom. The maximum absolute atomic E-state index is 11.1. The molecule has 0 radical (unpaired) electrons. The van der Waals surface area contributed by atoms with E-state index < -0.39 is 5.44 Å². The number of hydrogen-bond acceptors (Lipinski definition) is 3. The van der Waals surface area contributed by atoms with Gasteiger partial charge in [-0.25, -0.2) is 0 Å². The first-order valence-corrected chi connectivity index (χ1v) is 5.41. The highest BCUT2D eigenvalue weighted by Crippen LogP contribution is 2.14. The number of aliphatic hydroxyl groups excluding tert-OH is 1. The van der Waals surface area contributed by atoms with Gasteiger partial charge in [0.1, 0.15) is 6.54 Å². The molecule has 0 aromatic rings. The Morgan fingerprint density at radius 1 is 1.46 bits per heavy atom. The molecule has 0 amide bonds. The van der Waals surface area contributed by atoms with Crippen LogP contribution in [-0.2, 0) is 4.79 Å². The lowest BCUT2D eigenvalue weighted by molar-refractivity contribution is -0.871. The molecule has 0 saturated carbocycles. The monoisotopic (exact) mass is 206 g/mol. The molecule has 3 nitrogen and oxygen atoms in total. The van der Waals surface area contributed by atoms with E-state index in [1.807, 2.05) is 28.1 Å². The molecule has 0 rings (SSSR count). The van der Waals surface area contributed by atoms with Gasteiger partial charge in [0, 0.05) is 6.42 Å². The van der Waals surface area contributed by atoms with Gasteiger partial charge in [0.05, 0.1) is 21.1 Å². The molecule has 1 N–H and O–H groups in total. The van der Waals surface area contributed by atoms with Crippen LogP contribution >= 0.6 is 11.8 Å². The molecule has 0 bridgehead atoms. The SMILES string of the molecule is CCCC(=O)SC(O)C[N+](C)(C)C. The summed E-state index contributed by atoms with van der Waals surface area (Å²) in [5.74, 6) is 0. The van der Waals surface area contributed by atoms with Gasteiger partial charge in [0.2, 0.25) is 0 Å². The third kappa shape index (κ3) is 8.28. The number of nitrogens with zero attached hydrogens (tertiary/aromatic N) is 1. The second kappa shape index (κ2) is 5.62. The van der Waals surface area contributed by atoms with Gasteiger partial charge in [0.25, 0.3) is 0 Å². The average Bonchev–Trinajstić information content (AvgIpc) is 1.81. The van der Waals surface area contributed by atoms with Crippen molar-refractivity contribution in [1.82, 2.24) is 0 Å². The topological polar surface area (TPSA) is 37.3 Å². The highest BCUT2D eigenvalue weighted by atomic mass is 32.2. The largest absolute Gasteiger partial charge is 0.376 e. The molecule has 4 heteroatoms. The predicted octanol–water partition coefficient (Wildman–Crippen LogP) is 1.07. The molecule has 0 aliphatic rings. The molecule has 0 heterocycles. The lowest BCUT2D eigenvalue weighted by Crippen LogP contribution is -2.40. The van der Waals surface area contributed by atoms with Crippen molar-refractivity contribution in [2.75, 3.05) is 27.7 Å². The first-order valence-electron chi connectivity index (χ1n) is 4.53. The number of thioether (sulfide) groups is 1. The van der Waals surface area contributed by atoms with Crippen LogP contribution in [0.3, 0.4) is 0 Å². The van der Waals surface area contributed by atoms with Crippen molar-refractivity contribution in [3.05, 3.63) is 0 Å². The summed E-state index contributed by atoms with van der Waals surface area (Å²) in [6.45, 7) is 2.56.